The minimum Gasteiger partial charge on any atom is -0.324 e. The van der Waals surface area contributed by atoms with E-state index in [0.717, 1.165) is 6.42 Å². The van der Waals surface area contributed by atoms with Crippen LogP contribution in [0.2, 0.25) is 0 Å². The molecular weight excluding hydrogens is 194 g/mol. The molecule has 0 aliphatic heterocycles. The molecule has 2 rings (SSSR count). The maximum absolute atomic E-state index is 5.96. The van der Waals surface area contributed by atoms with Crippen LogP contribution in [0.1, 0.15) is 50.2 Å². The van der Waals surface area contributed by atoms with Crippen LogP contribution in [0.4, 0.5) is 0 Å². The molecule has 16 heavy (non-hydrogen) atoms. The van der Waals surface area contributed by atoms with Gasteiger partial charge in [-0.05, 0) is 41.9 Å². The average Bonchev–Trinajstić information content (AvgIpc) is 2.29. The molecule has 1 aromatic carbocycles. The fourth-order valence-electron chi connectivity index (χ4n) is 2.28. The molecule has 0 saturated heterocycles. The second kappa shape index (κ2) is 4.84. The quantitative estimate of drug-likeness (QED) is 0.799. The third kappa shape index (κ3) is 2.53. The predicted molar refractivity (Wildman–Crippen MR) is 70.3 cm³/mol. The molecule has 1 atom stereocenters. The summed E-state index contributed by atoms with van der Waals surface area (Å²) in [4.78, 5) is 0. The van der Waals surface area contributed by atoms with Crippen molar-refractivity contribution < 1.29 is 0 Å². The van der Waals surface area contributed by atoms with Gasteiger partial charge in [0.25, 0.3) is 0 Å². The summed E-state index contributed by atoms with van der Waals surface area (Å²) in [6, 6.07) is 9.20. The fourth-order valence-corrected chi connectivity index (χ4v) is 2.28. The Morgan fingerprint density at radius 2 is 1.88 bits per heavy atom. The number of allylic oxidation sites excluding steroid dienone is 1. The van der Waals surface area contributed by atoms with Crippen molar-refractivity contribution >= 4 is 5.57 Å². The summed E-state index contributed by atoms with van der Waals surface area (Å²) < 4.78 is 0. The van der Waals surface area contributed by atoms with Crippen LogP contribution in [0.15, 0.2) is 30.3 Å². The normalized spacial score (nSPS) is 21.0. The van der Waals surface area contributed by atoms with E-state index in [-0.39, 0.29) is 6.04 Å². The van der Waals surface area contributed by atoms with Gasteiger partial charge in [-0.25, -0.2) is 0 Å². The zero-order chi connectivity index (χ0) is 11.5. The molecule has 0 bridgehead atoms. The molecule has 0 amide bonds. The maximum atomic E-state index is 5.96. The molecule has 0 aromatic heterocycles. The molecule has 0 heterocycles. The topological polar surface area (TPSA) is 26.0 Å². The molecule has 1 aliphatic rings. The lowest BCUT2D eigenvalue weighted by Crippen LogP contribution is -2.19. The lowest BCUT2D eigenvalue weighted by Gasteiger charge is -2.18. The van der Waals surface area contributed by atoms with Gasteiger partial charge < -0.3 is 5.73 Å². The van der Waals surface area contributed by atoms with Crippen molar-refractivity contribution in [2.24, 2.45) is 5.73 Å². The van der Waals surface area contributed by atoms with E-state index < -0.39 is 0 Å². The van der Waals surface area contributed by atoms with Crippen LogP contribution >= 0.6 is 0 Å². The van der Waals surface area contributed by atoms with Crippen LogP contribution in [-0.4, -0.2) is 6.04 Å². The van der Waals surface area contributed by atoms with Crippen LogP contribution in [0.25, 0.3) is 5.57 Å². The Bertz CT molecular complexity index is 373. The first kappa shape index (κ1) is 11.4. The third-order valence-electron chi connectivity index (χ3n) is 3.35. The Hall–Kier alpha value is -1.08. The first-order valence-electron chi connectivity index (χ1n) is 6.23. The van der Waals surface area contributed by atoms with Crippen molar-refractivity contribution in [1.29, 1.82) is 0 Å². The lowest BCUT2D eigenvalue weighted by molar-refractivity contribution is 0.654. The van der Waals surface area contributed by atoms with Crippen molar-refractivity contribution in [3.8, 4) is 0 Å². The number of nitrogens with two attached hydrogens (primary N) is 1. The number of benzene rings is 1. The molecule has 1 aromatic rings. The standard InChI is InChI=1S/C15H21N/c1-11(2)12-6-8-13(9-7-12)14-4-3-5-15(16)10-14/h6-11,15H,3-5,16H2,1-2H3. The largest absolute Gasteiger partial charge is 0.324 e. The van der Waals surface area contributed by atoms with E-state index in [1.54, 1.807) is 0 Å². The van der Waals surface area contributed by atoms with Gasteiger partial charge in [-0.1, -0.05) is 44.2 Å². The Kier molecular flexibility index (Phi) is 3.45. The zero-order valence-electron chi connectivity index (χ0n) is 10.2. The highest BCUT2D eigenvalue weighted by Gasteiger charge is 2.11. The van der Waals surface area contributed by atoms with Gasteiger partial charge in [-0.15, -0.1) is 0 Å². The Balaban J connectivity index is 2.21. The highest BCUT2D eigenvalue weighted by molar-refractivity contribution is 5.67. The third-order valence-corrected chi connectivity index (χ3v) is 3.35. The molecule has 0 radical (unpaired) electrons. The first-order chi connectivity index (χ1) is 7.66. The summed E-state index contributed by atoms with van der Waals surface area (Å²) in [5.74, 6) is 0.608. The number of hydrogen-bond donors (Lipinski definition) is 1. The van der Waals surface area contributed by atoms with Crippen molar-refractivity contribution in [3.63, 3.8) is 0 Å². The molecule has 0 fully saturated rings. The van der Waals surface area contributed by atoms with E-state index in [1.807, 2.05) is 0 Å². The van der Waals surface area contributed by atoms with Gasteiger partial charge in [-0.3, -0.25) is 0 Å². The minimum absolute atomic E-state index is 0.258. The van der Waals surface area contributed by atoms with Gasteiger partial charge in [0.15, 0.2) is 0 Å². The molecule has 1 nitrogen and oxygen atoms in total. The van der Waals surface area contributed by atoms with Crippen LogP contribution < -0.4 is 5.73 Å². The predicted octanol–water partition coefficient (Wildman–Crippen LogP) is 3.70. The molecular formula is C15H21N. The van der Waals surface area contributed by atoms with Crippen molar-refractivity contribution in [3.05, 3.63) is 41.5 Å². The van der Waals surface area contributed by atoms with E-state index in [4.69, 9.17) is 5.73 Å². The van der Waals surface area contributed by atoms with Gasteiger partial charge in [0.05, 0.1) is 0 Å². The monoisotopic (exact) mass is 215 g/mol. The summed E-state index contributed by atoms with van der Waals surface area (Å²) in [5.41, 5.74) is 10.1. The molecule has 1 unspecified atom stereocenters. The van der Waals surface area contributed by atoms with E-state index in [2.05, 4.69) is 44.2 Å². The molecule has 2 N–H and O–H groups in total. The second-order valence-electron chi connectivity index (χ2n) is 5.02. The van der Waals surface area contributed by atoms with Gasteiger partial charge in [-0.2, -0.15) is 0 Å². The fraction of sp³-hybridized carbons (Fsp3) is 0.467. The highest BCUT2D eigenvalue weighted by Crippen LogP contribution is 2.27. The first-order valence-corrected chi connectivity index (χ1v) is 6.23. The molecule has 1 aliphatic carbocycles. The van der Waals surface area contributed by atoms with Crippen LogP contribution in [0, 0.1) is 0 Å². The molecule has 0 spiro atoms. The molecule has 0 saturated carbocycles. The average molecular weight is 215 g/mol. The van der Waals surface area contributed by atoms with Gasteiger partial charge in [0.1, 0.15) is 0 Å². The summed E-state index contributed by atoms with van der Waals surface area (Å²) >= 11 is 0. The van der Waals surface area contributed by atoms with Crippen LogP contribution in [0.3, 0.4) is 0 Å². The summed E-state index contributed by atoms with van der Waals surface area (Å²) in [7, 11) is 0. The number of rotatable bonds is 2. The van der Waals surface area contributed by atoms with Crippen molar-refractivity contribution in [1.82, 2.24) is 0 Å². The summed E-state index contributed by atoms with van der Waals surface area (Å²) in [6.45, 7) is 4.45. The Morgan fingerprint density at radius 3 is 2.44 bits per heavy atom. The lowest BCUT2D eigenvalue weighted by atomic mass is 9.90. The smallest absolute Gasteiger partial charge is 0.0229 e. The molecule has 86 valence electrons. The molecule has 1 heteroatoms. The van der Waals surface area contributed by atoms with Crippen molar-refractivity contribution in [2.45, 2.75) is 45.1 Å². The summed E-state index contributed by atoms with van der Waals surface area (Å²) in [5, 5.41) is 0. The number of hydrogen-bond acceptors (Lipinski definition) is 1. The van der Waals surface area contributed by atoms with E-state index >= 15 is 0 Å². The van der Waals surface area contributed by atoms with Gasteiger partial charge in [0.2, 0.25) is 0 Å². The maximum Gasteiger partial charge on any atom is 0.0229 e. The van der Waals surface area contributed by atoms with Crippen LogP contribution in [0.5, 0.6) is 0 Å². The van der Waals surface area contributed by atoms with E-state index in [0.29, 0.717) is 5.92 Å². The van der Waals surface area contributed by atoms with Crippen LogP contribution in [-0.2, 0) is 0 Å². The van der Waals surface area contributed by atoms with Gasteiger partial charge >= 0.3 is 0 Å². The SMILES string of the molecule is CC(C)c1ccc(C2=CC(N)CCC2)cc1. The van der Waals surface area contributed by atoms with Crippen molar-refractivity contribution in [2.75, 3.05) is 0 Å². The van der Waals surface area contributed by atoms with E-state index in [1.165, 1.54) is 29.5 Å². The summed E-state index contributed by atoms with van der Waals surface area (Å²) in [6.07, 6.45) is 5.76. The zero-order valence-corrected chi connectivity index (χ0v) is 10.2. The minimum atomic E-state index is 0.258. The van der Waals surface area contributed by atoms with E-state index in [9.17, 15) is 0 Å². The van der Waals surface area contributed by atoms with Gasteiger partial charge in [0, 0.05) is 6.04 Å². The Morgan fingerprint density at radius 1 is 1.19 bits per heavy atom. The highest BCUT2D eigenvalue weighted by atomic mass is 14.6. The second-order valence-corrected chi connectivity index (χ2v) is 5.02. The Labute approximate surface area is 98.4 Å².